The number of thioether (sulfide) groups is 1. The largest absolute Gasteiger partial charge is 0.437 e. The van der Waals surface area contributed by atoms with Gasteiger partial charge in [-0.3, -0.25) is 0 Å². The predicted molar refractivity (Wildman–Crippen MR) is 76.1 cm³/mol. The summed E-state index contributed by atoms with van der Waals surface area (Å²) < 4.78 is 5.63. The molecule has 1 unspecified atom stereocenters. The van der Waals surface area contributed by atoms with Gasteiger partial charge in [0.25, 0.3) is 5.22 Å². The average molecular weight is 268 g/mol. The van der Waals surface area contributed by atoms with Crippen LogP contribution in [-0.4, -0.2) is 23.3 Å². The third kappa shape index (κ3) is 3.51. The number of aryl methyl sites for hydroxylation is 2. The maximum absolute atomic E-state index is 5.63. The molecular formula is C14H24N2OS. The number of nitrogens with one attached hydrogen (secondary N) is 1. The minimum Gasteiger partial charge on any atom is -0.437 e. The molecule has 1 heterocycles. The molecule has 1 saturated carbocycles. The van der Waals surface area contributed by atoms with Crippen molar-refractivity contribution in [1.82, 2.24) is 10.3 Å². The maximum Gasteiger partial charge on any atom is 0.256 e. The lowest BCUT2D eigenvalue weighted by Crippen LogP contribution is -2.37. The zero-order valence-electron chi connectivity index (χ0n) is 11.7. The Kier molecular flexibility index (Phi) is 5.13. The molecule has 102 valence electrons. The Morgan fingerprint density at radius 2 is 2.11 bits per heavy atom. The second-order valence-corrected chi connectivity index (χ2v) is 6.11. The van der Waals surface area contributed by atoms with Gasteiger partial charge in [0.05, 0.1) is 5.69 Å². The van der Waals surface area contributed by atoms with Gasteiger partial charge >= 0.3 is 0 Å². The Morgan fingerprint density at radius 3 is 2.67 bits per heavy atom. The number of aromatic nitrogens is 1. The SMILES string of the molecule is CCNC(CSc1nc(C)c(C)o1)C1CCCC1. The molecule has 0 spiro atoms. The van der Waals surface area contributed by atoms with Crippen molar-refractivity contribution in [3.8, 4) is 0 Å². The van der Waals surface area contributed by atoms with Crippen LogP contribution in [0.25, 0.3) is 0 Å². The van der Waals surface area contributed by atoms with E-state index in [1.807, 2.05) is 13.8 Å². The van der Waals surface area contributed by atoms with E-state index < -0.39 is 0 Å². The highest BCUT2D eigenvalue weighted by Crippen LogP contribution is 2.31. The van der Waals surface area contributed by atoms with Crippen molar-refractivity contribution < 1.29 is 4.42 Å². The number of hydrogen-bond acceptors (Lipinski definition) is 4. The van der Waals surface area contributed by atoms with Crippen LogP contribution >= 0.6 is 11.8 Å². The normalized spacial score (nSPS) is 18.4. The Morgan fingerprint density at radius 1 is 1.39 bits per heavy atom. The molecule has 2 rings (SSSR count). The van der Waals surface area contributed by atoms with E-state index in [1.54, 1.807) is 11.8 Å². The van der Waals surface area contributed by atoms with Crippen molar-refractivity contribution in [3.05, 3.63) is 11.5 Å². The highest BCUT2D eigenvalue weighted by atomic mass is 32.2. The molecule has 1 aromatic rings. The van der Waals surface area contributed by atoms with Gasteiger partial charge in [-0.05, 0) is 39.2 Å². The lowest BCUT2D eigenvalue weighted by Gasteiger charge is -2.23. The fraction of sp³-hybridized carbons (Fsp3) is 0.786. The fourth-order valence-electron chi connectivity index (χ4n) is 2.65. The van der Waals surface area contributed by atoms with Crippen molar-refractivity contribution in [2.24, 2.45) is 5.92 Å². The molecule has 1 atom stereocenters. The van der Waals surface area contributed by atoms with E-state index in [9.17, 15) is 0 Å². The van der Waals surface area contributed by atoms with Gasteiger partial charge < -0.3 is 9.73 Å². The van der Waals surface area contributed by atoms with Crippen LogP contribution in [-0.2, 0) is 0 Å². The molecule has 0 aromatic carbocycles. The summed E-state index contributed by atoms with van der Waals surface area (Å²) in [7, 11) is 0. The van der Waals surface area contributed by atoms with E-state index in [1.165, 1.54) is 25.7 Å². The maximum atomic E-state index is 5.63. The van der Waals surface area contributed by atoms with Crippen LogP contribution in [0.3, 0.4) is 0 Å². The van der Waals surface area contributed by atoms with E-state index in [0.717, 1.165) is 34.9 Å². The smallest absolute Gasteiger partial charge is 0.256 e. The number of hydrogen-bond donors (Lipinski definition) is 1. The first-order valence-corrected chi connectivity index (χ1v) is 7.99. The van der Waals surface area contributed by atoms with E-state index in [4.69, 9.17) is 4.42 Å². The Balaban J connectivity index is 1.88. The summed E-state index contributed by atoms with van der Waals surface area (Å²) in [6.07, 6.45) is 5.55. The monoisotopic (exact) mass is 268 g/mol. The lowest BCUT2D eigenvalue weighted by atomic mass is 10.00. The van der Waals surface area contributed by atoms with Crippen molar-refractivity contribution >= 4 is 11.8 Å². The standard InChI is InChI=1S/C14H24N2OS/c1-4-15-13(12-7-5-6-8-12)9-18-14-16-10(2)11(3)17-14/h12-13,15H,4-9H2,1-3H3. The first kappa shape index (κ1) is 13.9. The average Bonchev–Trinajstić information content (AvgIpc) is 2.96. The van der Waals surface area contributed by atoms with E-state index >= 15 is 0 Å². The molecule has 1 aliphatic rings. The molecule has 0 saturated heterocycles. The van der Waals surface area contributed by atoms with Gasteiger partial charge in [-0.1, -0.05) is 31.5 Å². The van der Waals surface area contributed by atoms with E-state index in [0.29, 0.717) is 6.04 Å². The lowest BCUT2D eigenvalue weighted by molar-refractivity contribution is 0.391. The van der Waals surface area contributed by atoms with Crippen LogP contribution < -0.4 is 5.32 Å². The highest BCUT2D eigenvalue weighted by molar-refractivity contribution is 7.99. The van der Waals surface area contributed by atoms with Crippen molar-refractivity contribution in [1.29, 1.82) is 0 Å². The minimum absolute atomic E-state index is 0.606. The van der Waals surface area contributed by atoms with Crippen molar-refractivity contribution in [2.45, 2.75) is 57.7 Å². The molecule has 1 aromatic heterocycles. The molecule has 0 bridgehead atoms. The number of rotatable bonds is 6. The summed E-state index contributed by atoms with van der Waals surface area (Å²) in [4.78, 5) is 4.44. The predicted octanol–water partition coefficient (Wildman–Crippen LogP) is 3.55. The molecule has 1 N–H and O–H groups in total. The third-order valence-electron chi connectivity index (χ3n) is 3.83. The Labute approximate surface area is 114 Å². The summed E-state index contributed by atoms with van der Waals surface area (Å²) in [5.41, 5.74) is 1.01. The van der Waals surface area contributed by atoms with Crippen LogP contribution in [0.15, 0.2) is 9.64 Å². The Bertz CT molecular complexity index is 352. The highest BCUT2D eigenvalue weighted by Gasteiger charge is 2.24. The van der Waals surface area contributed by atoms with Gasteiger partial charge in [-0.25, -0.2) is 4.98 Å². The van der Waals surface area contributed by atoms with Gasteiger partial charge in [-0.15, -0.1) is 0 Å². The van der Waals surface area contributed by atoms with Crippen LogP contribution in [0.1, 0.15) is 44.1 Å². The first-order chi connectivity index (χ1) is 8.70. The van der Waals surface area contributed by atoms with E-state index in [2.05, 4.69) is 17.2 Å². The Hall–Kier alpha value is -0.480. The second-order valence-electron chi connectivity index (χ2n) is 5.14. The zero-order chi connectivity index (χ0) is 13.0. The van der Waals surface area contributed by atoms with Crippen molar-refractivity contribution in [2.75, 3.05) is 12.3 Å². The molecule has 0 amide bonds. The summed E-state index contributed by atoms with van der Waals surface area (Å²) in [5, 5.41) is 4.45. The van der Waals surface area contributed by atoms with Crippen LogP contribution in [0.4, 0.5) is 0 Å². The summed E-state index contributed by atoms with van der Waals surface area (Å²) in [6.45, 7) is 7.21. The van der Waals surface area contributed by atoms with Crippen molar-refractivity contribution in [3.63, 3.8) is 0 Å². The topological polar surface area (TPSA) is 38.1 Å². The molecular weight excluding hydrogens is 244 g/mol. The summed E-state index contributed by atoms with van der Waals surface area (Å²) in [6, 6.07) is 0.606. The minimum atomic E-state index is 0.606. The summed E-state index contributed by atoms with van der Waals surface area (Å²) in [5.74, 6) is 2.85. The molecule has 0 aliphatic heterocycles. The third-order valence-corrected chi connectivity index (χ3v) is 4.78. The van der Waals surface area contributed by atoms with Gasteiger partial charge in [0.1, 0.15) is 5.76 Å². The number of oxazole rings is 1. The van der Waals surface area contributed by atoms with Gasteiger partial charge in [-0.2, -0.15) is 0 Å². The number of nitrogens with zero attached hydrogens (tertiary/aromatic N) is 1. The molecule has 0 radical (unpaired) electrons. The fourth-order valence-corrected chi connectivity index (χ4v) is 3.75. The molecule has 1 fully saturated rings. The zero-order valence-corrected chi connectivity index (χ0v) is 12.5. The van der Waals surface area contributed by atoms with Gasteiger partial charge in [0.2, 0.25) is 0 Å². The molecule has 1 aliphatic carbocycles. The van der Waals surface area contributed by atoms with Crippen LogP contribution in [0.5, 0.6) is 0 Å². The first-order valence-electron chi connectivity index (χ1n) is 7.01. The second kappa shape index (κ2) is 6.62. The van der Waals surface area contributed by atoms with Crippen LogP contribution in [0.2, 0.25) is 0 Å². The molecule has 18 heavy (non-hydrogen) atoms. The van der Waals surface area contributed by atoms with Crippen LogP contribution in [0, 0.1) is 19.8 Å². The van der Waals surface area contributed by atoms with E-state index in [-0.39, 0.29) is 0 Å². The summed E-state index contributed by atoms with van der Waals surface area (Å²) >= 11 is 1.75. The van der Waals surface area contributed by atoms with Gasteiger partial charge in [0.15, 0.2) is 0 Å². The molecule has 4 heteroatoms. The molecule has 3 nitrogen and oxygen atoms in total. The quantitative estimate of drug-likeness (QED) is 0.801. The van der Waals surface area contributed by atoms with Gasteiger partial charge in [0, 0.05) is 11.8 Å².